The van der Waals surface area contributed by atoms with Crippen molar-refractivity contribution in [1.82, 2.24) is 19.9 Å². The van der Waals surface area contributed by atoms with Crippen LogP contribution in [0, 0.1) is 0 Å². The van der Waals surface area contributed by atoms with Crippen LogP contribution in [0.3, 0.4) is 0 Å². The number of H-pyrrole nitrogens is 1. The number of hydrogen-bond acceptors (Lipinski definition) is 4. The summed E-state index contributed by atoms with van der Waals surface area (Å²) < 4.78 is 5.52. The molecule has 0 spiro atoms. The van der Waals surface area contributed by atoms with Gasteiger partial charge in [0.15, 0.2) is 5.82 Å². The van der Waals surface area contributed by atoms with Crippen LogP contribution in [-0.4, -0.2) is 45.7 Å². The summed E-state index contributed by atoms with van der Waals surface area (Å²) in [4.78, 5) is 15.0. The predicted molar refractivity (Wildman–Crippen MR) is 115 cm³/mol. The van der Waals surface area contributed by atoms with Gasteiger partial charge in [-0.3, -0.25) is 4.98 Å². The molecule has 0 saturated carbocycles. The minimum absolute atomic E-state index is 0.559. The molecule has 0 bridgehead atoms. The molecule has 5 heteroatoms. The average Bonchev–Trinajstić information content (AvgIpc) is 3.31. The Bertz CT molecular complexity index is 1030. The maximum atomic E-state index is 5.52. The van der Waals surface area contributed by atoms with Crippen LogP contribution in [0.15, 0.2) is 73.2 Å². The van der Waals surface area contributed by atoms with Crippen molar-refractivity contribution >= 4 is 5.57 Å². The van der Waals surface area contributed by atoms with Crippen molar-refractivity contribution in [3.8, 4) is 22.8 Å². The van der Waals surface area contributed by atoms with Crippen LogP contribution in [0.5, 0.6) is 0 Å². The Hall–Kier alpha value is -3.18. The van der Waals surface area contributed by atoms with Crippen molar-refractivity contribution in [2.45, 2.75) is 18.9 Å². The van der Waals surface area contributed by atoms with Crippen LogP contribution in [0.25, 0.3) is 28.3 Å². The zero-order valence-electron chi connectivity index (χ0n) is 16.3. The summed E-state index contributed by atoms with van der Waals surface area (Å²) in [5.74, 6) is 0.791. The molecule has 2 aliphatic heterocycles. The first-order valence-electron chi connectivity index (χ1n) is 10.1. The van der Waals surface area contributed by atoms with Crippen LogP contribution < -0.4 is 0 Å². The smallest absolute Gasteiger partial charge is 0.156 e. The molecule has 0 atom stereocenters. The third-order valence-electron chi connectivity index (χ3n) is 5.62. The highest BCUT2D eigenvalue weighted by Crippen LogP contribution is 2.27. The van der Waals surface area contributed by atoms with Gasteiger partial charge >= 0.3 is 0 Å². The predicted octanol–water partition coefficient (Wildman–Crippen LogP) is 4.53. The SMILES string of the molecule is C1=CN(C2CCOCC2)CC(c2ccnc(-c3ncc(-c4ccccc4)[nH]3)c2)=C1. The summed E-state index contributed by atoms with van der Waals surface area (Å²) in [6, 6.07) is 15.0. The second-order valence-corrected chi connectivity index (χ2v) is 7.49. The maximum absolute atomic E-state index is 5.52. The molecule has 2 aliphatic rings. The van der Waals surface area contributed by atoms with E-state index in [0.717, 1.165) is 55.4 Å². The molecule has 2 aromatic heterocycles. The first-order valence-corrected chi connectivity index (χ1v) is 10.1. The normalized spacial score (nSPS) is 17.4. The highest BCUT2D eigenvalue weighted by molar-refractivity contribution is 5.72. The lowest BCUT2D eigenvalue weighted by atomic mass is 10.00. The Morgan fingerprint density at radius 3 is 2.72 bits per heavy atom. The van der Waals surface area contributed by atoms with Gasteiger partial charge in [-0.1, -0.05) is 36.4 Å². The van der Waals surface area contributed by atoms with Crippen LogP contribution in [0.4, 0.5) is 0 Å². The van der Waals surface area contributed by atoms with E-state index in [1.54, 1.807) is 0 Å². The summed E-state index contributed by atoms with van der Waals surface area (Å²) in [6.07, 6.45) is 12.5. The van der Waals surface area contributed by atoms with E-state index in [-0.39, 0.29) is 0 Å². The van der Waals surface area contributed by atoms with E-state index in [1.807, 2.05) is 30.6 Å². The van der Waals surface area contributed by atoms with Gasteiger partial charge in [0.05, 0.1) is 11.9 Å². The van der Waals surface area contributed by atoms with Gasteiger partial charge in [-0.2, -0.15) is 0 Å². The van der Waals surface area contributed by atoms with E-state index in [4.69, 9.17) is 4.74 Å². The Morgan fingerprint density at radius 2 is 1.86 bits per heavy atom. The van der Waals surface area contributed by atoms with Crippen molar-refractivity contribution in [2.24, 2.45) is 0 Å². The summed E-state index contributed by atoms with van der Waals surface area (Å²) >= 11 is 0. The third kappa shape index (κ3) is 3.87. The third-order valence-corrected chi connectivity index (χ3v) is 5.62. The molecule has 5 nitrogen and oxygen atoms in total. The van der Waals surface area contributed by atoms with Gasteiger partial charge < -0.3 is 14.6 Å². The van der Waals surface area contributed by atoms with Crippen molar-refractivity contribution in [3.05, 3.63) is 78.8 Å². The van der Waals surface area contributed by atoms with Crippen molar-refractivity contribution in [1.29, 1.82) is 0 Å². The summed E-state index contributed by atoms with van der Waals surface area (Å²) in [6.45, 7) is 2.63. The van der Waals surface area contributed by atoms with Gasteiger partial charge in [-0.25, -0.2) is 4.98 Å². The van der Waals surface area contributed by atoms with Gasteiger partial charge in [0.1, 0.15) is 5.69 Å². The van der Waals surface area contributed by atoms with Crippen LogP contribution >= 0.6 is 0 Å². The lowest BCUT2D eigenvalue weighted by Gasteiger charge is -2.35. The van der Waals surface area contributed by atoms with Crippen LogP contribution in [-0.2, 0) is 4.74 Å². The fourth-order valence-electron chi connectivity index (χ4n) is 4.00. The van der Waals surface area contributed by atoms with Gasteiger partial charge in [0.25, 0.3) is 0 Å². The number of pyridine rings is 1. The molecule has 1 fully saturated rings. The van der Waals surface area contributed by atoms with Gasteiger partial charge in [-0.05, 0) is 54.0 Å². The van der Waals surface area contributed by atoms with E-state index in [0.29, 0.717) is 6.04 Å². The zero-order valence-corrected chi connectivity index (χ0v) is 16.3. The average molecular weight is 384 g/mol. The number of nitrogens with zero attached hydrogens (tertiary/aromatic N) is 3. The first-order chi connectivity index (χ1) is 14.4. The number of nitrogens with one attached hydrogen (secondary N) is 1. The molecular weight excluding hydrogens is 360 g/mol. The second kappa shape index (κ2) is 8.05. The Labute approximate surface area is 170 Å². The number of hydrogen-bond donors (Lipinski definition) is 1. The number of aromatic nitrogens is 3. The standard InChI is InChI=1S/C24H24N4O/c1-2-5-18(6-3-1)23-16-26-24(27-23)22-15-19(8-11-25-22)20-7-4-12-28(17-20)21-9-13-29-14-10-21/h1-8,11-12,15-16,21H,9-10,13-14,17H2,(H,26,27). The molecule has 146 valence electrons. The number of imidazole rings is 1. The van der Waals surface area contributed by atoms with Gasteiger partial charge in [0.2, 0.25) is 0 Å². The number of aromatic amines is 1. The zero-order chi connectivity index (χ0) is 19.5. The fraction of sp³-hybridized carbons (Fsp3) is 0.250. The minimum Gasteiger partial charge on any atom is -0.381 e. The molecule has 0 amide bonds. The van der Waals surface area contributed by atoms with Crippen molar-refractivity contribution in [3.63, 3.8) is 0 Å². The molecule has 4 heterocycles. The lowest BCUT2D eigenvalue weighted by molar-refractivity contribution is 0.0526. The topological polar surface area (TPSA) is 54.0 Å². The number of ether oxygens (including phenoxy) is 1. The fourth-order valence-corrected chi connectivity index (χ4v) is 4.00. The lowest BCUT2D eigenvalue weighted by Crippen LogP contribution is -2.37. The number of allylic oxidation sites excluding steroid dienone is 2. The summed E-state index contributed by atoms with van der Waals surface area (Å²) in [5, 5.41) is 0. The van der Waals surface area contributed by atoms with E-state index in [1.165, 1.54) is 11.1 Å². The minimum atomic E-state index is 0.559. The molecule has 1 saturated heterocycles. The quantitative estimate of drug-likeness (QED) is 0.718. The molecular formula is C24H24N4O. The van der Waals surface area contributed by atoms with E-state index in [2.05, 4.69) is 62.5 Å². The highest BCUT2D eigenvalue weighted by atomic mass is 16.5. The highest BCUT2D eigenvalue weighted by Gasteiger charge is 2.21. The monoisotopic (exact) mass is 384 g/mol. The molecule has 29 heavy (non-hydrogen) atoms. The van der Waals surface area contributed by atoms with E-state index in [9.17, 15) is 0 Å². The van der Waals surface area contributed by atoms with Crippen LogP contribution in [0.2, 0.25) is 0 Å². The molecule has 0 aliphatic carbocycles. The first kappa shape index (κ1) is 17.9. The number of benzene rings is 1. The largest absolute Gasteiger partial charge is 0.381 e. The Morgan fingerprint density at radius 1 is 1.00 bits per heavy atom. The second-order valence-electron chi connectivity index (χ2n) is 7.49. The molecule has 0 radical (unpaired) electrons. The Kier molecular flexibility index (Phi) is 4.97. The summed E-state index contributed by atoms with van der Waals surface area (Å²) in [7, 11) is 0. The maximum Gasteiger partial charge on any atom is 0.156 e. The number of rotatable bonds is 4. The van der Waals surface area contributed by atoms with Crippen molar-refractivity contribution < 1.29 is 4.74 Å². The van der Waals surface area contributed by atoms with E-state index >= 15 is 0 Å². The van der Waals surface area contributed by atoms with Gasteiger partial charge in [-0.15, -0.1) is 0 Å². The van der Waals surface area contributed by atoms with Gasteiger partial charge in [0, 0.05) is 32.0 Å². The molecule has 1 N–H and O–H groups in total. The molecule has 0 unspecified atom stereocenters. The molecule has 5 rings (SSSR count). The van der Waals surface area contributed by atoms with Crippen LogP contribution in [0.1, 0.15) is 18.4 Å². The Balaban J connectivity index is 1.37. The van der Waals surface area contributed by atoms with E-state index < -0.39 is 0 Å². The molecule has 3 aromatic rings. The summed E-state index contributed by atoms with van der Waals surface area (Å²) in [5.41, 5.74) is 5.47. The molecule has 1 aromatic carbocycles. The van der Waals surface area contributed by atoms with Crippen molar-refractivity contribution in [2.75, 3.05) is 19.8 Å².